The minimum atomic E-state index is -0.870. The van der Waals surface area contributed by atoms with Crippen molar-refractivity contribution in [3.63, 3.8) is 0 Å². The van der Waals surface area contributed by atoms with Gasteiger partial charge >= 0.3 is 7.12 Å². The molecule has 1 aliphatic rings. The third kappa shape index (κ3) is 8.31. The van der Waals surface area contributed by atoms with Crippen molar-refractivity contribution in [3.05, 3.63) is 89.8 Å². The average Bonchev–Trinajstić information content (AvgIpc) is 3.13. The highest BCUT2D eigenvalue weighted by atomic mass is 35.5. The fourth-order valence-electron chi connectivity index (χ4n) is 3.53. The first-order valence-corrected chi connectivity index (χ1v) is 11.1. The summed E-state index contributed by atoms with van der Waals surface area (Å²) < 4.78 is 17.4. The van der Waals surface area contributed by atoms with Gasteiger partial charge in [0, 0.05) is 18.5 Å². The molecule has 3 aromatic carbocycles. The number of likely N-dealkylation sites (N-methyl/N-ethyl adjacent to an activating group) is 1. The summed E-state index contributed by atoms with van der Waals surface area (Å²) in [5.41, 5.74) is 2.85. The van der Waals surface area contributed by atoms with E-state index < -0.39 is 7.12 Å². The second-order valence-electron chi connectivity index (χ2n) is 9.26. The van der Waals surface area contributed by atoms with E-state index in [9.17, 15) is 4.39 Å². The number of halogens is 2. The predicted molar refractivity (Wildman–Crippen MR) is 143 cm³/mol. The molecule has 0 saturated heterocycles. The molecule has 0 aliphatic carbocycles. The van der Waals surface area contributed by atoms with Crippen molar-refractivity contribution in [1.82, 2.24) is 4.90 Å². The SMILES string of the molecule is CN(C/C=C/C#CC(C)(C)C)Cc1cccc2ccccc12.Cl.OB1OCc2cc(F)ccc21. The number of nitrogens with zero attached hydrogens (tertiary/aromatic N) is 1. The van der Waals surface area contributed by atoms with Crippen LogP contribution >= 0.6 is 12.4 Å². The van der Waals surface area contributed by atoms with Crippen molar-refractivity contribution in [1.29, 1.82) is 0 Å². The van der Waals surface area contributed by atoms with Gasteiger partial charge in [-0.1, -0.05) is 66.4 Å². The lowest BCUT2D eigenvalue weighted by molar-refractivity contribution is 0.275. The van der Waals surface area contributed by atoms with Gasteiger partial charge < -0.3 is 9.68 Å². The zero-order chi connectivity index (χ0) is 23.8. The van der Waals surface area contributed by atoms with Crippen LogP contribution in [0.3, 0.4) is 0 Å². The minimum Gasteiger partial charge on any atom is -0.423 e. The Labute approximate surface area is 209 Å². The second-order valence-corrected chi connectivity index (χ2v) is 9.26. The smallest absolute Gasteiger partial charge is 0.423 e. The van der Waals surface area contributed by atoms with Gasteiger partial charge in [-0.25, -0.2) is 4.39 Å². The van der Waals surface area contributed by atoms with E-state index in [4.69, 9.17) is 9.68 Å². The maximum atomic E-state index is 12.6. The molecule has 1 aliphatic heterocycles. The van der Waals surface area contributed by atoms with E-state index in [0.29, 0.717) is 12.1 Å². The molecule has 0 bridgehead atoms. The van der Waals surface area contributed by atoms with E-state index in [1.807, 2.05) is 6.08 Å². The predicted octanol–water partition coefficient (Wildman–Crippen LogP) is 5.34. The standard InChI is InChI=1S/C21H25N.C7H6BFO2.ClH/c1-21(2,3)15-8-5-9-16-22(4)17-19-13-10-12-18-11-6-7-14-20(18)19;9-6-1-2-7-5(3-6)4-11-8(7)10;/h5-7,9-14H,16-17H2,1-4H3;1-3,10H,4H2;1H/b9-5+;;. The fraction of sp³-hybridized carbons (Fsp3) is 0.286. The van der Waals surface area contributed by atoms with Gasteiger partial charge in [-0.2, -0.15) is 0 Å². The van der Waals surface area contributed by atoms with Gasteiger partial charge in [-0.3, -0.25) is 4.90 Å². The molecule has 0 aromatic heterocycles. The molecule has 1 N–H and O–H groups in total. The summed E-state index contributed by atoms with van der Waals surface area (Å²) in [6.45, 7) is 8.52. The van der Waals surface area contributed by atoms with Crippen LogP contribution in [0.1, 0.15) is 31.9 Å². The van der Waals surface area contributed by atoms with Crippen LogP contribution in [0.15, 0.2) is 72.8 Å². The third-order valence-corrected chi connectivity index (χ3v) is 5.15. The quantitative estimate of drug-likeness (QED) is 0.405. The molecule has 0 saturated carbocycles. The van der Waals surface area contributed by atoms with Crippen LogP contribution in [0.2, 0.25) is 0 Å². The Morgan fingerprint density at radius 1 is 1.12 bits per heavy atom. The molecule has 0 atom stereocenters. The van der Waals surface area contributed by atoms with Crippen molar-refractivity contribution < 1.29 is 14.1 Å². The first-order chi connectivity index (χ1) is 15.7. The van der Waals surface area contributed by atoms with Crippen LogP contribution < -0.4 is 5.46 Å². The fourth-order valence-corrected chi connectivity index (χ4v) is 3.53. The van der Waals surface area contributed by atoms with Gasteiger partial charge in [-0.05, 0) is 73.4 Å². The molecule has 0 fully saturated rings. The largest absolute Gasteiger partial charge is 0.491 e. The zero-order valence-corrected chi connectivity index (χ0v) is 21.0. The summed E-state index contributed by atoms with van der Waals surface area (Å²) in [5.74, 6) is 6.04. The van der Waals surface area contributed by atoms with Crippen LogP contribution in [0, 0.1) is 23.1 Å². The summed E-state index contributed by atoms with van der Waals surface area (Å²) in [5, 5.41) is 11.8. The zero-order valence-electron chi connectivity index (χ0n) is 20.2. The van der Waals surface area contributed by atoms with E-state index in [-0.39, 0.29) is 23.6 Å². The Balaban J connectivity index is 0.000000284. The lowest BCUT2D eigenvalue weighted by atomic mass is 9.80. The highest BCUT2D eigenvalue weighted by molar-refractivity contribution is 6.61. The normalized spacial score (nSPS) is 12.6. The Kier molecular flexibility index (Phi) is 10.4. The van der Waals surface area contributed by atoms with Gasteiger partial charge in [0.1, 0.15) is 5.82 Å². The van der Waals surface area contributed by atoms with Crippen LogP contribution in [-0.2, 0) is 17.8 Å². The molecule has 6 heteroatoms. The highest BCUT2D eigenvalue weighted by Crippen LogP contribution is 2.19. The Morgan fingerprint density at radius 3 is 2.62 bits per heavy atom. The van der Waals surface area contributed by atoms with Crippen LogP contribution in [0.25, 0.3) is 10.8 Å². The Morgan fingerprint density at radius 2 is 1.85 bits per heavy atom. The van der Waals surface area contributed by atoms with E-state index in [0.717, 1.165) is 18.7 Å². The van der Waals surface area contributed by atoms with E-state index in [1.165, 1.54) is 28.5 Å². The van der Waals surface area contributed by atoms with Gasteiger partial charge in [0.05, 0.1) is 6.61 Å². The van der Waals surface area contributed by atoms with Gasteiger partial charge in [0.15, 0.2) is 0 Å². The summed E-state index contributed by atoms with van der Waals surface area (Å²) >= 11 is 0. The van der Waals surface area contributed by atoms with E-state index in [1.54, 1.807) is 6.07 Å². The summed E-state index contributed by atoms with van der Waals surface area (Å²) in [6.07, 6.45) is 4.09. The summed E-state index contributed by atoms with van der Waals surface area (Å²) in [7, 11) is 1.27. The van der Waals surface area contributed by atoms with Crippen LogP contribution in [0.5, 0.6) is 0 Å². The molecule has 178 valence electrons. The maximum Gasteiger partial charge on any atom is 0.491 e. The number of fused-ring (bicyclic) bond motifs is 2. The Bertz CT molecular complexity index is 1170. The van der Waals surface area contributed by atoms with Crippen molar-refractivity contribution in [2.75, 3.05) is 13.6 Å². The van der Waals surface area contributed by atoms with Crippen LogP contribution in [-0.4, -0.2) is 30.6 Å². The molecular formula is C28H32BClFNO2. The third-order valence-electron chi connectivity index (χ3n) is 5.15. The first kappa shape index (κ1) is 27.6. The van der Waals surface area contributed by atoms with Gasteiger partial charge in [-0.15, -0.1) is 12.4 Å². The topological polar surface area (TPSA) is 32.7 Å². The molecule has 0 spiro atoms. The molecule has 4 rings (SSSR count). The monoisotopic (exact) mass is 479 g/mol. The highest BCUT2D eigenvalue weighted by Gasteiger charge is 2.26. The van der Waals surface area contributed by atoms with Gasteiger partial charge in [0.25, 0.3) is 0 Å². The minimum absolute atomic E-state index is 0. The van der Waals surface area contributed by atoms with Crippen molar-refractivity contribution in [2.45, 2.75) is 33.9 Å². The summed E-state index contributed by atoms with van der Waals surface area (Å²) in [6, 6.07) is 19.3. The molecule has 0 amide bonds. The van der Waals surface area contributed by atoms with Crippen molar-refractivity contribution in [2.24, 2.45) is 5.41 Å². The molecule has 3 nitrogen and oxygen atoms in total. The summed E-state index contributed by atoms with van der Waals surface area (Å²) in [4.78, 5) is 2.30. The number of hydrogen-bond acceptors (Lipinski definition) is 3. The van der Waals surface area contributed by atoms with Crippen molar-refractivity contribution >= 4 is 35.8 Å². The lowest BCUT2D eigenvalue weighted by Crippen LogP contribution is -2.27. The maximum absolute atomic E-state index is 12.6. The molecule has 0 unspecified atom stereocenters. The number of hydrogen-bond donors (Lipinski definition) is 1. The van der Waals surface area contributed by atoms with E-state index >= 15 is 0 Å². The van der Waals surface area contributed by atoms with Gasteiger partial charge in [0.2, 0.25) is 0 Å². The molecule has 34 heavy (non-hydrogen) atoms. The van der Waals surface area contributed by atoms with E-state index in [2.05, 4.69) is 93.1 Å². The second kappa shape index (κ2) is 12.7. The molecular weight excluding hydrogens is 448 g/mol. The molecule has 3 aromatic rings. The molecule has 0 radical (unpaired) electrons. The number of rotatable bonds is 4. The first-order valence-electron chi connectivity index (χ1n) is 11.1. The molecule has 1 heterocycles. The number of allylic oxidation sites excluding steroid dienone is 1. The average molecular weight is 480 g/mol. The van der Waals surface area contributed by atoms with Crippen LogP contribution in [0.4, 0.5) is 4.39 Å². The Hall–Kier alpha value is -2.62. The van der Waals surface area contributed by atoms with Crippen molar-refractivity contribution in [3.8, 4) is 11.8 Å². The lowest BCUT2D eigenvalue weighted by Gasteiger charge is -2.15. The number of benzene rings is 3.